The third-order valence-corrected chi connectivity index (χ3v) is 3.56. The lowest BCUT2D eigenvalue weighted by Gasteiger charge is -2.20. The second kappa shape index (κ2) is 5.50. The largest absolute Gasteiger partial charge is 0.342 e. The number of carbonyl (C=O) groups is 1. The first-order valence-electron chi connectivity index (χ1n) is 6.05. The minimum absolute atomic E-state index is 0.144. The van der Waals surface area contributed by atoms with Crippen LogP contribution in [-0.2, 0) is 4.79 Å². The molecular formula is C12H24N2O. The number of carbonyl (C=O) groups excluding carboxylic acids is 1. The van der Waals surface area contributed by atoms with E-state index in [9.17, 15) is 4.79 Å². The molecule has 3 unspecified atom stereocenters. The summed E-state index contributed by atoms with van der Waals surface area (Å²) in [5, 5.41) is 0. The zero-order chi connectivity index (χ0) is 11.4. The number of nitrogens with zero attached hydrogens (tertiary/aromatic N) is 1. The smallest absolute Gasteiger partial charge is 0.225 e. The monoisotopic (exact) mass is 212 g/mol. The van der Waals surface area contributed by atoms with Crippen molar-refractivity contribution < 1.29 is 4.79 Å². The van der Waals surface area contributed by atoms with Gasteiger partial charge in [0, 0.05) is 19.0 Å². The summed E-state index contributed by atoms with van der Waals surface area (Å²) in [6.45, 7) is 9.03. The fourth-order valence-electron chi connectivity index (χ4n) is 2.17. The van der Waals surface area contributed by atoms with Gasteiger partial charge in [0.05, 0.1) is 0 Å². The molecule has 0 spiro atoms. The summed E-state index contributed by atoms with van der Waals surface area (Å²) in [6, 6.07) is 0. The molecule has 1 aliphatic heterocycles. The van der Waals surface area contributed by atoms with Gasteiger partial charge in [0.2, 0.25) is 5.91 Å². The maximum atomic E-state index is 12.0. The van der Waals surface area contributed by atoms with Crippen LogP contribution in [0.25, 0.3) is 0 Å². The Morgan fingerprint density at radius 1 is 1.40 bits per heavy atom. The fraction of sp³-hybridized carbons (Fsp3) is 0.917. The maximum Gasteiger partial charge on any atom is 0.225 e. The predicted octanol–water partition coefficient (Wildman–Crippen LogP) is 1.48. The molecule has 0 aromatic heterocycles. The van der Waals surface area contributed by atoms with E-state index in [1.807, 2.05) is 11.8 Å². The fourth-order valence-corrected chi connectivity index (χ4v) is 2.17. The highest BCUT2D eigenvalue weighted by Gasteiger charge is 2.31. The van der Waals surface area contributed by atoms with Gasteiger partial charge in [-0.25, -0.2) is 0 Å². The van der Waals surface area contributed by atoms with Crippen LogP contribution in [0, 0.1) is 17.8 Å². The number of hydrogen-bond acceptors (Lipinski definition) is 2. The zero-order valence-corrected chi connectivity index (χ0v) is 10.2. The van der Waals surface area contributed by atoms with Gasteiger partial charge in [-0.15, -0.1) is 0 Å². The predicted molar refractivity (Wildman–Crippen MR) is 62.4 cm³/mol. The molecule has 2 N–H and O–H groups in total. The van der Waals surface area contributed by atoms with E-state index in [0.29, 0.717) is 24.3 Å². The van der Waals surface area contributed by atoms with Gasteiger partial charge in [-0.2, -0.15) is 0 Å². The highest BCUT2D eigenvalue weighted by atomic mass is 16.2. The van der Waals surface area contributed by atoms with Gasteiger partial charge in [-0.3, -0.25) is 4.79 Å². The van der Waals surface area contributed by atoms with Crippen molar-refractivity contribution >= 4 is 5.91 Å². The van der Waals surface area contributed by atoms with E-state index in [4.69, 9.17) is 5.73 Å². The standard InChI is InChI=1S/C12H24N2O/c1-9(5-4-6-13)12(15)14-7-10(2)11(3)8-14/h9-11H,4-8,13H2,1-3H3. The van der Waals surface area contributed by atoms with E-state index < -0.39 is 0 Å². The Bertz CT molecular complexity index is 208. The van der Waals surface area contributed by atoms with Gasteiger partial charge in [0.25, 0.3) is 0 Å². The van der Waals surface area contributed by atoms with Crippen molar-refractivity contribution in [2.45, 2.75) is 33.6 Å². The van der Waals surface area contributed by atoms with Gasteiger partial charge in [-0.05, 0) is 31.2 Å². The Balaban J connectivity index is 2.40. The van der Waals surface area contributed by atoms with Crippen molar-refractivity contribution in [3.8, 4) is 0 Å². The topological polar surface area (TPSA) is 46.3 Å². The van der Waals surface area contributed by atoms with Gasteiger partial charge in [0.15, 0.2) is 0 Å². The molecule has 88 valence electrons. The summed E-state index contributed by atoms with van der Waals surface area (Å²) < 4.78 is 0. The van der Waals surface area contributed by atoms with E-state index >= 15 is 0 Å². The van der Waals surface area contributed by atoms with Crippen LogP contribution in [0.1, 0.15) is 33.6 Å². The molecule has 1 saturated heterocycles. The first-order chi connectivity index (χ1) is 7.06. The molecule has 0 aromatic rings. The van der Waals surface area contributed by atoms with E-state index in [1.165, 1.54) is 0 Å². The summed E-state index contributed by atoms with van der Waals surface area (Å²) in [5.41, 5.74) is 5.45. The Kier molecular flexibility index (Phi) is 4.58. The summed E-state index contributed by atoms with van der Waals surface area (Å²) in [4.78, 5) is 14.1. The molecule has 0 saturated carbocycles. The third kappa shape index (κ3) is 3.20. The average molecular weight is 212 g/mol. The van der Waals surface area contributed by atoms with Crippen LogP contribution in [0.2, 0.25) is 0 Å². The summed E-state index contributed by atoms with van der Waals surface area (Å²) in [5.74, 6) is 1.76. The lowest BCUT2D eigenvalue weighted by molar-refractivity contribution is -0.134. The van der Waals surface area contributed by atoms with E-state index in [-0.39, 0.29) is 5.92 Å². The molecule has 1 heterocycles. The lowest BCUT2D eigenvalue weighted by Crippen LogP contribution is -2.33. The van der Waals surface area contributed by atoms with Gasteiger partial charge in [0.1, 0.15) is 0 Å². The molecule has 1 rings (SSSR count). The Hall–Kier alpha value is -0.570. The Morgan fingerprint density at radius 3 is 2.40 bits per heavy atom. The summed E-state index contributed by atoms with van der Waals surface area (Å²) in [6.07, 6.45) is 1.88. The van der Waals surface area contributed by atoms with E-state index in [2.05, 4.69) is 13.8 Å². The highest BCUT2D eigenvalue weighted by Crippen LogP contribution is 2.24. The van der Waals surface area contributed by atoms with Crippen LogP contribution in [0.5, 0.6) is 0 Å². The maximum absolute atomic E-state index is 12.0. The highest BCUT2D eigenvalue weighted by molar-refractivity contribution is 5.78. The van der Waals surface area contributed by atoms with Crippen LogP contribution >= 0.6 is 0 Å². The van der Waals surface area contributed by atoms with Gasteiger partial charge in [-0.1, -0.05) is 20.8 Å². The number of hydrogen-bond donors (Lipinski definition) is 1. The average Bonchev–Trinajstić information content (AvgIpc) is 2.54. The molecule has 0 radical (unpaired) electrons. The van der Waals surface area contributed by atoms with Crippen molar-refractivity contribution in [2.24, 2.45) is 23.5 Å². The first kappa shape index (κ1) is 12.5. The Labute approximate surface area is 93.0 Å². The third-order valence-electron chi connectivity index (χ3n) is 3.56. The SMILES string of the molecule is CC(CCCN)C(=O)N1CC(C)C(C)C1. The van der Waals surface area contributed by atoms with Crippen molar-refractivity contribution in [3.05, 3.63) is 0 Å². The molecule has 15 heavy (non-hydrogen) atoms. The normalized spacial score (nSPS) is 28.1. The van der Waals surface area contributed by atoms with Crippen molar-refractivity contribution in [1.29, 1.82) is 0 Å². The summed E-state index contributed by atoms with van der Waals surface area (Å²) in [7, 11) is 0. The van der Waals surface area contributed by atoms with Gasteiger partial charge < -0.3 is 10.6 Å². The Morgan fingerprint density at radius 2 is 1.93 bits per heavy atom. The molecular weight excluding hydrogens is 188 g/mol. The minimum atomic E-state index is 0.144. The molecule has 3 atom stereocenters. The molecule has 1 aliphatic rings. The minimum Gasteiger partial charge on any atom is -0.342 e. The van der Waals surface area contributed by atoms with Crippen molar-refractivity contribution in [2.75, 3.05) is 19.6 Å². The van der Waals surface area contributed by atoms with Crippen molar-refractivity contribution in [3.63, 3.8) is 0 Å². The quantitative estimate of drug-likeness (QED) is 0.767. The molecule has 1 fully saturated rings. The molecule has 0 aliphatic carbocycles. The number of likely N-dealkylation sites (tertiary alicyclic amines) is 1. The lowest BCUT2D eigenvalue weighted by atomic mass is 10.0. The zero-order valence-electron chi connectivity index (χ0n) is 10.2. The molecule has 3 nitrogen and oxygen atoms in total. The van der Waals surface area contributed by atoms with Crippen LogP contribution in [-0.4, -0.2) is 30.4 Å². The number of rotatable bonds is 4. The number of amides is 1. The number of nitrogens with two attached hydrogens (primary N) is 1. The van der Waals surface area contributed by atoms with Crippen LogP contribution in [0.15, 0.2) is 0 Å². The summed E-state index contributed by atoms with van der Waals surface area (Å²) >= 11 is 0. The van der Waals surface area contributed by atoms with E-state index in [0.717, 1.165) is 25.9 Å². The molecule has 3 heteroatoms. The van der Waals surface area contributed by atoms with Crippen LogP contribution in [0.4, 0.5) is 0 Å². The second-order valence-corrected chi connectivity index (χ2v) is 5.03. The van der Waals surface area contributed by atoms with Crippen LogP contribution in [0.3, 0.4) is 0 Å². The molecule has 0 aromatic carbocycles. The second-order valence-electron chi connectivity index (χ2n) is 5.03. The van der Waals surface area contributed by atoms with Gasteiger partial charge >= 0.3 is 0 Å². The van der Waals surface area contributed by atoms with E-state index in [1.54, 1.807) is 0 Å². The van der Waals surface area contributed by atoms with Crippen LogP contribution < -0.4 is 5.73 Å². The van der Waals surface area contributed by atoms with Crippen molar-refractivity contribution in [1.82, 2.24) is 4.90 Å². The first-order valence-corrected chi connectivity index (χ1v) is 6.05. The molecule has 1 amide bonds. The molecule has 0 bridgehead atoms.